The van der Waals surface area contributed by atoms with Crippen molar-refractivity contribution in [3.05, 3.63) is 47.3 Å². The second kappa shape index (κ2) is 5.10. The third kappa shape index (κ3) is 2.51. The molecule has 19 heavy (non-hydrogen) atoms. The lowest BCUT2D eigenvalue weighted by Gasteiger charge is -2.10. The van der Waals surface area contributed by atoms with E-state index >= 15 is 0 Å². The van der Waals surface area contributed by atoms with E-state index in [1.807, 2.05) is 18.2 Å². The molecule has 1 aromatic heterocycles. The van der Waals surface area contributed by atoms with Gasteiger partial charge in [-0.05, 0) is 26.0 Å². The van der Waals surface area contributed by atoms with Crippen LogP contribution in [0.4, 0.5) is 0 Å². The summed E-state index contributed by atoms with van der Waals surface area (Å²) in [5, 5.41) is 0. The molecule has 0 unspecified atom stereocenters. The van der Waals surface area contributed by atoms with Crippen LogP contribution in [-0.2, 0) is 12.8 Å². The minimum absolute atomic E-state index is 0.862. The number of benzene rings is 1. The molecule has 0 N–H and O–H groups in total. The first-order valence-electron chi connectivity index (χ1n) is 6.84. The molecule has 0 bridgehead atoms. The van der Waals surface area contributed by atoms with Crippen LogP contribution in [0, 0.1) is 6.92 Å². The van der Waals surface area contributed by atoms with Crippen molar-refractivity contribution in [2.75, 3.05) is 20.1 Å². The van der Waals surface area contributed by atoms with E-state index < -0.39 is 0 Å². The van der Waals surface area contributed by atoms with Crippen LogP contribution in [0.5, 0.6) is 0 Å². The van der Waals surface area contributed by atoms with Gasteiger partial charge >= 0.3 is 0 Å². The zero-order chi connectivity index (χ0) is 13.2. The Morgan fingerprint density at radius 3 is 2.53 bits per heavy atom. The van der Waals surface area contributed by atoms with Gasteiger partial charge in [0.1, 0.15) is 0 Å². The molecule has 3 rings (SSSR count). The lowest BCUT2D eigenvalue weighted by Crippen LogP contribution is -2.20. The maximum absolute atomic E-state index is 4.80. The van der Waals surface area contributed by atoms with Crippen LogP contribution in [0.25, 0.3) is 11.4 Å². The quantitative estimate of drug-likeness (QED) is 0.782. The highest BCUT2D eigenvalue weighted by Gasteiger charge is 2.16. The Bertz CT molecular complexity index is 578. The molecule has 0 saturated heterocycles. The Kier molecular flexibility index (Phi) is 3.30. The van der Waals surface area contributed by atoms with Gasteiger partial charge in [-0.15, -0.1) is 0 Å². The summed E-state index contributed by atoms with van der Waals surface area (Å²) in [6.07, 6.45) is 2.09. The fraction of sp³-hybridized carbons (Fsp3) is 0.375. The molecule has 1 aliphatic rings. The predicted molar refractivity (Wildman–Crippen MR) is 77.1 cm³/mol. The summed E-state index contributed by atoms with van der Waals surface area (Å²) in [6.45, 7) is 4.29. The minimum atomic E-state index is 0.862. The van der Waals surface area contributed by atoms with Crippen molar-refractivity contribution in [3.63, 3.8) is 0 Å². The number of rotatable bonds is 1. The normalized spacial score (nSPS) is 15.9. The standard InChI is InChI=1S/C16H19N3/c1-12-14-8-10-19(2)11-9-15(14)18-16(17-12)13-6-4-3-5-7-13/h3-7H,8-11H2,1-2H3. The molecule has 0 spiro atoms. The summed E-state index contributed by atoms with van der Waals surface area (Å²) in [4.78, 5) is 11.9. The van der Waals surface area contributed by atoms with Crippen LogP contribution in [0.1, 0.15) is 17.0 Å². The largest absolute Gasteiger partial charge is 0.306 e. The zero-order valence-corrected chi connectivity index (χ0v) is 11.6. The SMILES string of the molecule is Cc1nc(-c2ccccc2)nc2c1CCN(C)CC2. The van der Waals surface area contributed by atoms with Gasteiger partial charge < -0.3 is 4.90 Å². The molecular formula is C16H19N3. The van der Waals surface area contributed by atoms with Crippen LogP contribution in [-0.4, -0.2) is 35.0 Å². The minimum Gasteiger partial charge on any atom is -0.306 e. The van der Waals surface area contributed by atoms with Gasteiger partial charge in [0.25, 0.3) is 0 Å². The summed E-state index contributed by atoms with van der Waals surface area (Å²) < 4.78 is 0. The number of likely N-dealkylation sites (N-methyl/N-ethyl adjacent to an activating group) is 1. The van der Waals surface area contributed by atoms with E-state index in [9.17, 15) is 0 Å². The fourth-order valence-electron chi connectivity index (χ4n) is 2.61. The Morgan fingerprint density at radius 1 is 1.00 bits per heavy atom. The lowest BCUT2D eigenvalue weighted by atomic mass is 10.1. The average molecular weight is 253 g/mol. The van der Waals surface area contributed by atoms with Crippen LogP contribution in [0.3, 0.4) is 0 Å². The second-order valence-corrected chi connectivity index (χ2v) is 5.23. The van der Waals surface area contributed by atoms with E-state index in [0.29, 0.717) is 0 Å². The van der Waals surface area contributed by atoms with Gasteiger partial charge in [0.05, 0.1) is 0 Å². The van der Waals surface area contributed by atoms with Crippen molar-refractivity contribution in [1.82, 2.24) is 14.9 Å². The summed E-state index contributed by atoms with van der Waals surface area (Å²) in [7, 11) is 2.17. The topological polar surface area (TPSA) is 29.0 Å². The van der Waals surface area contributed by atoms with Crippen LogP contribution in [0.15, 0.2) is 30.3 Å². The molecule has 98 valence electrons. The van der Waals surface area contributed by atoms with Crippen molar-refractivity contribution in [3.8, 4) is 11.4 Å². The van der Waals surface area contributed by atoms with Crippen molar-refractivity contribution in [2.24, 2.45) is 0 Å². The first kappa shape index (κ1) is 12.3. The highest BCUT2D eigenvalue weighted by Crippen LogP contribution is 2.21. The fourth-order valence-corrected chi connectivity index (χ4v) is 2.61. The molecule has 0 saturated carbocycles. The molecule has 0 aliphatic carbocycles. The highest BCUT2D eigenvalue weighted by molar-refractivity contribution is 5.55. The van der Waals surface area contributed by atoms with Gasteiger partial charge in [0.15, 0.2) is 5.82 Å². The predicted octanol–water partition coefficient (Wildman–Crippen LogP) is 2.48. The summed E-state index contributed by atoms with van der Waals surface area (Å²) in [5.74, 6) is 0.862. The van der Waals surface area contributed by atoms with Gasteiger partial charge in [-0.2, -0.15) is 0 Å². The molecule has 2 aromatic rings. The van der Waals surface area contributed by atoms with Gasteiger partial charge in [-0.25, -0.2) is 9.97 Å². The first-order chi connectivity index (χ1) is 9.24. The molecule has 0 radical (unpaired) electrons. The van der Waals surface area contributed by atoms with Gasteiger partial charge in [-0.3, -0.25) is 0 Å². The molecular weight excluding hydrogens is 234 g/mol. The van der Waals surface area contributed by atoms with E-state index in [2.05, 4.69) is 31.0 Å². The highest BCUT2D eigenvalue weighted by atomic mass is 15.1. The molecule has 3 heteroatoms. The third-order valence-electron chi connectivity index (χ3n) is 3.81. The number of fused-ring (bicyclic) bond motifs is 1. The molecule has 2 heterocycles. The van der Waals surface area contributed by atoms with E-state index in [1.54, 1.807) is 0 Å². The first-order valence-corrected chi connectivity index (χ1v) is 6.84. The number of nitrogens with zero attached hydrogens (tertiary/aromatic N) is 3. The van der Waals surface area contributed by atoms with Crippen molar-refractivity contribution in [1.29, 1.82) is 0 Å². The summed E-state index contributed by atoms with van der Waals surface area (Å²) >= 11 is 0. The van der Waals surface area contributed by atoms with E-state index in [4.69, 9.17) is 9.97 Å². The Labute approximate surface area is 114 Å². The average Bonchev–Trinajstić information content (AvgIpc) is 2.62. The second-order valence-electron chi connectivity index (χ2n) is 5.23. The number of aromatic nitrogens is 2. The van der Waals surface area contributed by atoms with Crippen LogP contribution < -0.4 is 0 Å². The van der Waals surface area contributed by atoms with Gasteiger partial charge in [0.2, 0.25) is 0 Å². The number of hydrogen-bond acceptors (Lipinski definition) is 3. The summed E-state index contributed by atoms with van der Waals surface area (Å²) in [5.41, 5.74) is 4.82. The smallest absolute Gasteiger partial charge is 0.159 e. The number of hydrogen-bond donors (Lipinski definition) is 0. The third-order valence-corrected chi connectivity index (χ3v) is 3.81. The van der Waals surface area contributed by atoms with Crippen LogP contribution in [0.2, 0.25) is 0 Å². The zero-order valence-electron chi connectivity index (χ0n) is 11.6. The molecule has 1 aromatic carbocycles. The van der Waals surface area contributed by atoms with Crippen molar-refractivity contribution < 1.29 is 0 Å². The Hall–Kier alpha value is -1.74. The molecule has 0 atom stereocenters. The maximum atomic E-state index is 4.80. The summed E-state index contributed by atoms with van der Waals surface area (Å²) in [6, 6.07) is 10.2. The molecule has 0 amide bonds. The molecule has 3 nitrogen and oxygen atoms in total. The van der Waals surface area contributed by atoms with Crippen LogP contribution >= 0.6 is 0 Å². The number of aryl methyl sites for hydroxylation is 1. The maximum Gasteiger partial charge on any atom is 0.159 e. The van der Waals surface area contributed by atoms with Gasteiger partial charge in [-0.1, -0.05) is 30.3 Å². The van der Waals surface area contributed by atoms with Crippen molar-refractivity contribution >= 4 is 0 Å². The molecule has 0 fully saturated rings. The van der Waals surface area contributed by atoms with E-state index in [0.717, 1.165) is 43.0 Å². The molecule has 1 aliphatic heterocycles. The van der Waals surface area contributed by atoms with Crippen molar-refractivity contribution in [2.45, 2.75) is 19.8 Å². The van der Waals surface area contributed by atoms with E-state index in [-0.39, 0.29) is 0 Å². The Morgan fingerprint density at radius 2 is 1.74 bits per heavy atom. The van der Waals surface area contributed by atoms with E-state index in [1.165, 1.54) is 11.3 Å². The lowest BCUT2D eigenvalue weighted by molar-refractivity contribution is 0.352. The van der Waals surface area contributed by atoms with Gasteiger partial charge in [0, 0.05) is 36.5 Å². The monoisotopic (exact) mass is 253 g/mol. The Balaban J connectivity index is 2.04.